The lowest BCUT2D eigenvalue weighted by atomic mass is 10.1. The van der Waals surface area contributed by atoms with Crippen LogP contribution in [-0.2, 0) is 4.79 Å². The molecule has 0 aromatic heterocycles. The highest BCUT2D eigenvalue weighted by Gasteiger charge is 2.26. The summed E-state index contributed by atoms with van der Waals surface area (Å²) in [6.07, 6.45) is 6.85. The number of hydrogen-bond acceptors (Lipinski definition) is 2. The van der Waals surface area contributed by atoms with E-state index >= 15 is 0 Å². The van der Waals surface area contributed by atoms with Crippen LogP contribution in [0.5, 0.6) is 0 Å². The first kappa shape index (κ1) is 5.96. The molecule has 1 saturated heterocycles. The Hall–Kier alpha value is -0.790. The first-order valence-corrected chi connectivity index (χ1v) is 3.83. The highest BCUT2D eigenvalue weighted by Crippen LogP contribution is 2.23. The zero-order chi connectivity index (χ0) is 6.97. The van der Waals surface area contributed by atoms with Gasteiger partial charge in [-0.05, 0) is 18.9 Å². The first-order valence-electron chi connectivity index (χ1n) is 3.83. The van der Waals surface area contributed by atoms with Crippen LogP contribution in [0.15, 0.2) is 12.3 Å². The third-order valence-electron chi connectivity index (χ3n) is 2.31. The molecule has 1 fully saturated rings. The minimum absolute atomic E-state index is 0.295. The van der Waals surface area contributed by atoms with E-state index in [0.717, 1.165) is 13.0 Å². The van der Waals surface area contributed by atoms with Gasteiger partial charge in [0.2, 0.25) is 0 Å². The van der Waals surface area contributed by atoms with Gasteiger partial charge in [0, 0.05) is 25.2 Å². The molecule has 1 atom stereocenters. The van der Waals surface area contributed by atoms with Crippen molar-refractivity contribution in [3.8, 4) is 0 Å². The van der Waals surface area contributed by atoms with Crippen LogP contribution in [-0.4, -0.2) is 23.3 Å². The Morgan fingerprint density at radius 3 is 3.40 bits per heavy atom. The number of nitrogens with zero attached hydrogens (tertiary/aromatic N) is 1. The molecule has 0 spiro atoms. The molecule has 54 valence electrons. The van der Waals surface area contributed by atoms with Crippen molar-refractivity contribution < 1.29 is 4.79 Å². The van der Waals surface area contributed by atoms with Crippen molar-refractivity contribution >= 4 is 5.78 Å². The van der Waals surface area contributed by atoms with Crippen LogP contribution in [0.1, 0.15) is 19.3 Å². The number of rotatable bonds is 0. The molecule has 0 unspecified atom stereocenters. The number of fused-ring (bicyclic) bond motifs is 1. The second kappa shape index (κ2) is 2.11. The van der Waals surface area contributed by atoms with Gasteiger partial charge in [-0.2, -0.15) is 0 Å². The molecule has 0 radical (unpaired) electrons. The quantitative estimate of drug-likeness (QED) is 0.495. The fourth-order valence-corrected chi connectivity index (χ4v) is 1.75. The van der Waals surface area contributed by atoms with Gasteiger partial charge < -0.3 is 4.90 Å². The van der Waals surface area contributed by atoms with Gasteiger partial charge in [0.25, 0.3) is 0 Å². The van der Waals surface area contributed by atoms with E-state index in [1.165, 1.54) is 12.8 Å². The Labute approximate surface area is 60.5 Å². The summed E-state index contributed by atoms with van der Waals surface area (Å²) in [6, 6.07) is 0.539. The molecule has 0 saturated carbocycles. The summed E-state index contributed by atoms with van der Waals surface area (Å²) in [5, 5.41) is 0. The predicted molar refractivity (Wildman–Crippen MR) is 38.5 cm³/mol. The lowest BCUT2D eigenvalue weighted by Gasteiger charge is -2.24. The maximum absolute atomic E-state index is 10.9. The van der Waals surface area contributed by atoms with Crippen LogP contribution in [0.25, 0.3) is 0 Å². The summed E-state index contributed by atoms with van der Waals surface area (Å²) >= 11 is 0. The maximum Gasteiger partial charge on any atom is 0.159 e. The zero-order valence-corrected chi connectivity index (χ0v) is 5.92. The fourth-order valence-electron chi connectivity index (χ4n) is 1.75. The molecule has 0 bridgehead atoms. The minimum Gasteiger partial charge on any atom is -0.374 e. The lowest BCUT2D eigenvalue weighted by molar-refractivity contribution is -0.116. The summed E-state index contributed by atoms with van der Waals surface area (Å²) < 4.78 is 0. The number of hydrogen-bond donors (Lipinski definition) is 0. The van der Waals surface area contributed by atoms with E-state index in [1.807, 2.05) is 6.20 Å². The normalized spacial score (nSPS) is 31.0. The second-order valence-corrected chi connectivity index (χ2v) is 3.02. The van der Waals surface area contributed by atoms with E-state index in [4.69, 9.17) is 0 Å². The highest BCUT2D eigenvalue weighted by atomic mass is 16.1. The van der Waals surface area contributed by atoms with E-state index in [-0.39, 0.29) is 0 Å². The topological polar surface area (TPSA) is 20.3 Å². The van der Waals surface area contributed by atoms with Crippen LogP contribution >= 0.6 is 0 Å². The molecule has 2 rings (SSSR count). The minimum atomic E-state index is 0.295. The van der Waals surface area contributed by atoms with Gasteiger partial charge in [-0.15, -0.1) is 0 Å². The Kier molecular flexibility index (Phi) is 1.26. The van der Waals surface area contributed by atoms with Crippen LogP contribution in [0, 0.1) is 0 Å². The summed E-state index contributed by atoms with van der Waals surface area (Å²) in [4.78, 5) is 13.2. The summed E-state index contributed by atoms with van der Waals surface area (Å²) in [5.74, 6) is 0.295. The Bertz CT molecular complexity index is 186. The van der Waals surface area contributed by atoms with Crippen molar-refractivity contribution in [2.45, 2.75) is 25.3 Å². The smallest absolute Gasteiger partial charge is 0.159 e. The van der Waals surface area contributed by atoms with Crippen molar-refractivity contribution in [2.75, 3.05) is 6.54 Å². The van der Waals surface area contributed by atoms with Gasteiger partial charge in [-0.3, -0.25) is 4.79 Å². The summed E-state index contributed by atoms with van der Waals surface area (Å²) in [7, 11) is 0. The third kappa shape index (κ3) is 0.838. The molecular weight excluding hydrogens is 126 g/mol. The maximum atomic E-state index is 10.9. The SMILES string of the molecule is O=C1C=CN2CCC[C@@H]2C1. The van der Waals surface area contributed by atoms with Crippen LogP contribution < -0.4 is 0 Å². The molecule has 0 amide bonds. The molecule has 0 N–H and O–H groups in total. The standard InChI is InChI=1S/C8H11NO/c10-8-3-5-9-4-1-2-7(9)6-8/h3,5,7H,1-2,4,6H2/t7-/m1/s1. The van der Waals surface area contributed by atoms with E-state index in [2.05, 4.69) is 4.90 Å². The van der Waals surface area contributed by atoms with Crippen LogP contribution in [0.2, 0.25) is 0 Å². The zero-order valence-electron chi connectivity index (χ0n) is 5.92. The van der Waals surface area contributed by atoms with Gasteiger partial charge in [0.15, 0.2) is 5.78 Å². The number of allylic oxidation sites excluding steroid dienone is 1. The van der Waals surface area contributed by atoms with Gasteiger partial charge in [0.05, 0.1) is 0 Å². The Morgan fingerprint density at radius 2 is 2.50 bits per heavy atom. The van der Waals surface area contributed by atoms with E-state index in [0.29, 0.717) is 11.8 Å². The predicted octanol–water partition coefficient (Wildman–Crippen LogP) is 0.937. The van der Waals surface area contributed by atoms with Gasteiger partial charge >= 0.3 is 0 Å². The third-order valence-corrected chi connectivity index (χ3v) is 2.31. The van der Waals surface area contributed by atoms with Crippen LogP contribution in [0.3, 0.4) is 0 Å². The van der Waals surface area contributed by atoms with Crippen molar-refractivity contribution in [3.05, 3.63) is 12.3 Å². The molecule has 2 heteroatoms. The van der Waals surface area contributed by atoms with Gasteiger partial charge in [-0.25, -0.2) is 0 Å². The monoisotopic (exact) mass is 137 g/mol. The van der Waals surface area contributed by atoms with Crippen molar-refractivity contribution in [1.82, 2.24) is 4.90 Å². The average Bonchev–Trinajstić information content (AvgIpc) is 2.33. The molecule has 10 heavy (non-hydrogen) atoms. The van der Waals surface area contributed by atoms with Gasteiger partial charge in [0.1, 0.15) is 0 Å². The lowest BCUT2D eigenvalue weighted by Crippen LogP contribution is -2.29. The fraction of sp³-hybridized carbons (Fsp3) is 0.625. The highest BCUT2D eigenvalue weighted by molar-refractivity contribution is 5.90. The van der Waals surface area contributed by atoms with E-state index in [9.17, 15) is 4.79 Å². The molecule has 2 nitrogen and oxygen atoms in total. The van der Waals surface area contributed by atoms with E-state index < -0.39 is 0 Å². The molecule has 2 aliphatic heterocycles. The number of carbonyl (C=O) groups excluding carboxylic acids is 1. The average molecular weight is 137 g/mol. The molecule has 2 aliphatic rings. The Morgan fingerprint density at radius 1 is 1.60 bits per heavy atom. The van der Waals surface area contributed by atoms with E-state index in [1.54, 1.807) is 6.08 Å². The summed E-state index contributed by atoms with van der Waals surface area (Å²) in [5.41, 5.74) is 0. The van der Waals surface area contributed by atoms with Crippen molar-refractivity contribution in [2.24, 2.45) is 0 Å². The van der Waals surface area contributed by atoms with Crippen molar-refractivity contribution in [3.63, 3.8) is 0 Å². The Balaban J connectivity index is 2.16. The largest absolute Gasteiger partial charge is 0.374 e. The van der Waals surface area contributed by atoms with Crippen molar-refractivity contribution in [1.29, 1.82) is 0 Å². The van der Waals surface area contributed by atoms with Crippen LogP contribution in [0.4, 0.5) is 0 Å². The molecule has 0 aliphatic carbocycles. The van der Waals surface area contributed by atoms with Gasteiger partial charge in [-0.1, -0.05) is 0 Å². The first-order chi connectivity index (χ1) is 4.86. The summed E-state index contributed by atoms with van der Waals surface area (Å²) in [6.45, 7) is 1.15. The number of ketones is 1. The number of carbonyl (C=O) groups is 1. The second-order valence-electron chi connectivity index (χ2n) is 3.02. The molecule has 0 aromatic rings. The molecular formula is C8H11NO. The molecule has 2 heterocycles. The molecule has 0 aromatic carbocycles.